The third-order valence-corrected chi connectivity index (χ3v) is 3.00. The molecule has 0 bridgehead atoms. The topological polar surface area (TPSA) is 52.6 Å². The summed E-state index contributed by atoms with van der Waals surface area (Å²) < 4.78 is 0. The van der Waals surface area contributed by atoms with Gasteiger partial charge in [0, 0.05) is 32.2 Å². The minimum absolute atomic E-state index is 0.181. The largest absolute Gasteiger partial charge is 0.396 e. The Labute approximate surface area is 91.6 Å². The molecule has 1 unspecified atom stereocenters. The zero-order valence-electron chi connectivity index (χ0n) is 9.54. The molecule has 2 N–H and O–H groups in total. The van der Waals surface area contributed by atoms with Crippen LogP contribution in [0.1, 0.15) is 32.1 Å². The molecule has 4 nitrogen and oxygen atoms in total. The number of aliphatic hydroxyl groups is 1. The van der Waals surface area contributed by atoms with Gasteiger partial charge in [-0.1, -0.05) is 0 Å². The molecule has 0 saturated carbocycles. The van der Waals surface area contributed by atoms with Crippen molar-refractivity contribution in [1.82, 2.24) is 10.2 Å². The second-order valence-corrected chi connectivity index (χ2v) is 4.10. The molecule has 1 aliphatic heterocycles. The summed E-state index contributed by atoms with van der Waals surface area (Å²) in [6.07, 6.45) is 4.63. The number of nitrogens with one attached hydrogen (secondary N) is 1. The predicted octanol–water partition coefficient (Wildman–Crippen LogP) is 0.359. The van der Waals surface area contributed by atoms with E-state index in [1.807, 2.05) is 11.9 Å². The van der Waals surface area contributed by atoms with E-state index in [0.717, 1.165) is 32.4 Å². The summed E-state index contributed by atoms with van der Waals surface area (Å²) in [7, 11) is 1.86. The van der Waals surface area contributed by atoms with Gasteiger partial charge in [0.2, 0.25) is 5.91 Å². The third-order valence-electron chi connectivity index (χ3n) is 3.00. The molecule has 1 aliphatic rings. The average Bonchev–Trinajstić information content (AvgIpc) is 2.27. The molecule has 1 rings (SSSR count). The number of piperidine rings is 1. The van der Waals surface area contributed by atoms with Gasteiger partial charge in [0.25, 0.3) is 0 Å². The highest BCUT2D eigenvalue weighted by atomic mass is 16.3. The monoisotopic (exact) mass is 214 g/mol. The van der Waals surface area contributed by atoms with Crippen LogP contribution in [-0.2, 0) is 4.79 Å². The second-order valence-electron chi connectivity index (χ2n) is 4.10. The van der Waals surface area contributed by atoms with Gasteiger partial charge in [0.05, 0.1) is 0 Å². The van der Waals surface area contributed by atoms with Crippen molar-refractivity contribution in [1.29, 1.82) is 0 Å². The fraction of sp³-hybridized carbons (Fsp3) is 0.909. The molecule has 0 aliphatic carbocycles. The van der Waals surface area contributed by atoms with Gasteiger partial charge in [-0.05, 0) is 32.7 Å². The number of likely N-dealkylation sites (tertiary alicyclic amines) is 1. The minimum atomic E-state index is 0.181. The van der Waals surface area contributed by atoms with Crippen LogP contribution in [0, 0.1) is 0 Å². The van der Waals surface area contributed by atoms with Crippen molar-refractivity contribution in [3.05, 3.63) is 0 Å². The Bertz CT molecular complexity index is 195. The summed E-state index contributed by atoms with van der Waals surface area (Å²) in [5, 5.41) is 11.9. The molecule has 1 saturated heterocycles. The molecule has 1 heterocycles. The molecule has 0 aromatic heterocycles. The fourth-order valence-corrected chi connectivity index (χ4v) is 2.15. The summed E-state index contributed by atoms with van der Waals surface area (Å²) in [5.74, 6) is 0.225. The maximum atomic E-state index is 11.8. The normalized spacial score (nSPS) is 21.7. The molecule has 1 atom stereocenters. The lowest BCUT2D eigenvalue weighted by molar-refractivity contribution is -0.135. The predicted molar refractivity (Wildman–Crippen MR) is 59.6 cm³/mol. The average molecular weight is 214 g/mol. The summed E-state index contributed by atoms with van der Waals surface area (Å²) in [4.78, 5) is 13.8. The van der Waals surface area contributed by atoms with E-state index in [2.05, 4.69) is 5.32 Å². The first-order valence-electron chi connectivity index (χ1n) is 5.84. The molecule has 1 fully saturated rings. The van der Waals surface area contributed by atoms with Crippen LogP contribution in [0.3, 0.4) is 0 Å². The lowest BCUT2D eigenvalue weighted by Gasteiger charge is -2.35. The van der Waals surface area contributed by atoms with E-state index in [-0.39, 0.29) is 18.6 Å². The van der Waals surface area contributed by atoms with E-state index < -0.39 is 0 Å². The molecule has 0 aromatic carbocycles. The zero-order valence-corrected chi connectivity index (χ0v) is 9.54. The molecule has 0 radical (unpaired) electrons. The van der Waals surface area contributed by atoms with Crippen molar-refractivity contribution in [2.45, 2.75) is 38.1 Å². The summed E-state index contributed by atoms with van der Waals surface area (Å²) in [6.45, 7) is 1.79. The SMILES string of the molecule is CNCCC(=O)N1CCCCC1CCO. The third kappa shape index (κ3) is 3.80. The van der Waals surface area contributed by atoms with Crippen molar-refractivity contribution in [3.8, 4) is 0 Å². The first kappa shape index (κ1) is 12.5. The highest BCUT2D eigenvalue weighted by molar-refractivity contribution is 5.76. The number of carbonyl (C=O) groups excluding carboxylic acids is 1. The summed E-state index contributed by atoms with van der Waals surface area (Å²) >= 11 is 0. The standard InChI is InChI=1S/C11H22N2O2/c1-12-7-5-11(15)13-8-3-2-4-10(13)6-9-14/h10,12,14H,2-9H2,1H3. The Morgan fingerprint density at radius 3 is 3.00 bits per heavy atom. The maximum Gasteiger partial charge on any atom is 0.224 e. The zero-order chi connectivity index (χ0) is 11.1. The van der Waals surface area contributed by atoms with Gasteiger partial charge in [-0.25, -0.2) is 0 Å². The smallest absolute Gasteiger partial charge is 0.224 e. The van der Waals surface area contributed by atoms with E-state index in [9.17, 15) is 4.79 Å². The number of hydrogen-bond donors (Lipinski definition) is 2. The molecular weight excluding hydrogens is 192 g/mol. The van der Waals surface area contributed by atoms with E-state index in [1.165, 1.54) is 6.42 Å². The Morgan fingerprint density at radius 2 is 2.33 bits per heavy atom. The van der Waals surface area contributed by atoms with Crippen LogP contribution in [0.25, 0.3) is 0 Å². The van der Waals surface area contributed by atoms with Gasteiger partial charge in [-0.3, -0.25) is 4.79 Å². The van der Waals surface area contributed by atoms with Crippen LogP contribution in [-0.4, -0.2) is 48.7 Å². The number of carbonyl (C=O) groups is 1. The van der Waals surface area contributed by atoms with Crippen molar-refractivity contribution in [3.63, 3.8) is 0 Å². The van der Waals surface area contributed by atoms with E-state index in [4.69, 9.17) is 5.11 Å². The maximum absolute atomic E-state index is 11.8. The number of amides is 1. The lowest BCUT2D eigenvalue weighted by Crippen LogP contribution is -2.44. The first-order chi connectivity index (χ1) is 7.29. The van der Waals surface area contributed by atoms with Crippen LogP contribution in [0.4, 0.5) is 0 Å². The molecular formula is C11H22N2O2. The van der Waals surface area contributed by atoms with Gasteiger partial charge in [-0.15, -0.1) is 0 Å². The van der Waals surface area contributed by atoms with Gasteiger partial charge >= 0.3 is 0 Å². The highest BCUT2D eigenvalue weighted by Crippen LogP contribution is 2.20. The van der Waals surface area contributed by atoms with Crippen LogP contribution in [0.15, 0.2) is 0 Å². The van der Waals surface area contributed by atoms with E-state index >= 15 is 0 Å². The number of nitrogens with zero attached hydrogens (tertiary/aromatic N) is 1. The Morgan fingerprint density at radius 1 is 1.53 bits per heavy atom. The molecule has 88 valence electrons. The fourth-order valence-electron chi connectivity index (χ4n) is 2.15. The van der Waals surface area contributed by atoms with E-state index in [1.54, 1.807) is 0 Å². The summed E-state index contributed by atoms with van der Waals surface area (Å²) in [5.41, 5.74) is 0. The van der Waals surface area contributed by atoms with Crippen molar-refractivity contribution in [2.75, 3.05) is 26.7 Å². The van der Waals surface area contributed by atoms with Crippen molar-refractivity contribution < 1.29 is 9.90 Å². The first-order valence-corrected chi connectivity index (χ1v) is 5.84. The van der Waals surface area contributed by atoms with Gasteiger partial charge < -0.3 is 15.3 Å². The highest BCUT2D eigenvalue weighted by Gasteiger charge is 2.25. The van der Waals surface area contributed by atoms with Gasteiger partial charge in [-0.2, -0.15) is 0 Å². The quantitative estimate of drug-likeness (QED) is 0.695. The minimum Gasteiger partial charge on any atom is -0.396 e. The van der Waals surface area contributed by atoms with Crippen LogP contribution >= 0.6 is 0 Å². The number of aliphatic hydroxyl groups excluding tert-OH is 1. The number of rotatable bonds is 5. The van der Waals surface area contributed by atoms with Crippen molar-refractivity contribution >= 4 is 5.91 Å². The molecule has 0 spiro atoms. The molecule has 0 aromatic rings. The van der Waals surface area contributed by atoms with Crippen LogP contribution < -0.4 is 5.32 Å². The Kier molecular flexibility index (Phi) is 5.65. The summed E-state index contributed by atoms with van der Waals surface area (Å²) in [6, 6.07) is 0.271. The van der Waals surface area contributed by atoms with Gasteiger partial charge in [0.1, 0.15) is 0 Å². The molecule has 1 amide bonds. The molecule has 4 heteroatoms. The molecule has 15 heavy (non-hydrogen) atoms. The van der Waals surface area contributed by atoms with Gasteiger partial charge in [0.15, 0.2) is 0 Å². The number of hydrogen-bond acceptors (Lipinski definition) is 3. The van der Waals surface area contributed by atoms with Crippen molar-refractivity contribution in [2.24, 2.45) is 0 Å². The lowest BCUT2D eigenvalue weighted by atomic mass is 9.99. The Hall–Kier alpha value is -0.610. The van der Waals surface area contributed by atoms with E-state index in [0.29, 0.717) is 6.42 Å². The van der Waals surface area contributed by atoms with Crippen LogP contribution in [0.5, 0.6) is 0 Å². The second kappa shape index (κ2) is 6.80. The van der Waals surface area contributed by atoms with Crippen LogP contribution in [0.2, 0.25) is 0 Å². The Balaban J connectivity index is 2.43.